The van der Waals surface area contributed by atoms with E-state index in [1.54, 1.807) is 0 Å². The highest BCUT2D eigenvalue weighted by molar-refractivity contribution is 7.80. The van der Waals surface area contributed by atoms with Gasteiger partial charge in [-0.25, -0.2) is 0 Å². The Bertz CT molecular complexity index is 209. The second kappa shape index (κ2) is 13.7. The molecule has 0 fully saturated rings. The average molecular weight is 301 g/mol. The van der Waals surface area contributed by atoms with E-state index in [9.17, 15) is 0 Å². The van der Waals surface area contributed by atoms with Gasteiger partial charge in [0.05, 0.1) is 0 Å². The normalized spacial score (nSPS) is 10.6. The van der Waals surface area contributed by atoms with Crippen LogP contribution in [0.4, 0.5) is 0 Å². The van der Waals surface area contributed by atoms with Crippen molar-refractivity contribution >= 4 is 17.3 Å². The van der Waals surface area contributed by atoms with Crippen LogP contribution in [0, 0.1) is 0 Å². The van der Waals surface area contributed by atoms with Crippen LogP contribution >= 0.6 is 12.2 Å². The minimum Gasteiger partial charge on any atom is -0.352 e. The van der Waals surface area contributed by atoms with Crippen LogP contribution in [-0.4, -0.2) is 42.1 Å². The van der Waals surface area contributed by atoms with Crippen LogP contribution < -0.4 is 0 Å². The van der Waals surface area contributed by atoms with Gasteiger partial charge in [0.2, 0.25) is 0 Å². The summed E-state index contributed by atoms with van der Waals surface area (Å²) >= 11 is 5.55. The first kappa shape index (κ1) is 19.7. The number of thiocarbonyl (C=S) groups is 1. The highest BCUT2D eigenvalue weighted by atomic mass is 32.1. The van der Waals surface area contributed by atoms with Gasteiger partial charge in [-0.15, -0.1) is 0 Å². The van der Waals surface area contributed by atoms with Crippen LogP contribution in [0.2, 0.25) is 0 Å². The lowest BCUT2D eigenvalue weighted by molar-refractivity contribution is 0.382. The summed E-state index contributed by atoms with van der Waals surface area (Å²) in [7, 11) is 4.27. The molecule has 0 amide bonds. The van der Waals surface area contributed by atoms with Crippen molar-refractivity contribution in [2.45, 2.75) is 78.1 Å². The van der Waals surface area contributed by atoms with E-state index in [1.807, 2.05) is 0 Å². The molecule has 0 saturated carbocycles. The monoisotopic (exact) mass is 300 g/mol. The predicted molar refractivity (Wildman–Crippen MR) is 95.4 cm³/mol. The molecule has 0 rings (SSSR count). The zero-order valence-electron chi connectivity index (χ0n) is 14.3. The Morgan fingerprint density at radius 2 is 1.00 bits per heavy atom. The maximum Gasteiger partial charge on any atom is 0.171 e. The summed E-state index contributed by atoms with van der Waals surface area (Å²) in [6, 6.07) is 0. The summed E-state index contributed by atoms with van der Waals surface area (Å²) in [5.41, 5.74) is 0. The van der Waals surface area contributed by atoms with Crippen molar-refractivity contribution in [3.63, 3.8) is 0 Å². The molecule has 0 aliphatic carbocycles. The van der Waals surface area contributed by atoms with E-state index in [0.29, 0.717) is 0 Å². The minimum atomic E-state index is 1.01. The van der Waals surface area contributed by atoms with Gasteiger partial charge in [0.1, 0.15) is 0 Å². The topological polar surface area (TPSA) is 6.48 Å². The van der Waals surface area contributed by atoms with Gasteiger partial charge in [0, 0.05) is 27.2 Å². The van der Waals surface area contributed by atoms with Crippen molar-refractivity contribution in [1.82, 2.24) is 9.80 Å². The quantitative estimate of drug-likeness (QED) is 0.367. The number of unbranched alkanes of at least 4 members (excludes halogenated alkanes) is 8. The molecular weight excluding hydrogens is 264 g/mol. The lowest BCUT2D eigenvalue weighted by atomic mass is 10.1. The number of nitrogens with zero attached hydrogens (tertiary/aromatic N) is 2. The molecule has 0 aromatic rings. The molecule has 3 heteroatoms. The molecule has 0 heterocycles. The fourth-order valence-corrected chi connectivity index (χ4v) is 2.57. The van der Waals surface area contributed by atoms with E-state index in [0.717, 1.165) is 18.2 Å². The molecule has 0 saturated heterocycles. The van der Waals surface area contributed by atoms with Crippen molar-refractivity contribution in [3.05, 3.63) is 0 Å². The van der Waals surface area contributed by atoms with Crippen molar-refractivity contribution < 1.29 is 0 Å². The lowest BCUT2D eigenvalue weighted by Gasteiger charge is -2.28. The van der Waals surface area contributed by atoms with Crippen LogP contribution in [-0.2, 0) is 0 Å². The van der Waals surface area contributed by atoms with E-state index in [2.05, 4.69) is 37.7 Å². The maximum absolute atomic E-state index is 5.55. The highest BCUT2D eigenvalue weighted by Crippen LogP contribution is 2.06. The molecule has 0 unspecified atom stereocenters. The highest BCUT2D eigenvalue weighted by Gasteiger charge is 2.08. The molecule has 0 aliphatic heterocycles. The van der Waals surface area contributed by atoms with Gasteiger partial charge in [-0.1, -0.05) is 65.2 Å². The fraction of sp³-hybridized carbons (Fsp3) is 0.941. The molecule has 2 nitrogen and oxygen atoms in total. The van der Waals surface area contributed by atoms with Crippen LogP contribution in [0.3, 0.4) is 0 Å². The third-order valence-electron chi connectivity index (χ3n) is 3.85. The molecule has 0 bridgehead atoms. The number of hydrogen-bond donors (Lipinski definition) is 0. The zero-order chi connectivity index (χ0) is 15.2. The first-order valence-corrected chi connectivity index (χ1v) is 9.00. The van der Waals surface area contributed by atoms with Crippen molar-refractivity contribution in [2.75, 3.05) is 27.2 Å². The van der Waals surface area contributed by atoms with E-state index in [1.165, 1.54) is 64.2 Å². The standard InChI is InChI=1S/C17H36N2S/c1-5-7-9-11-13-15-18(3)17(20)19(4)16-14-12-10-8-6-2/h5-16H2,1-4H3. The summed E-state index contributed by atoms with van der Waals surface area (Å²) in [5.74, 6) is 0. The summed E-state index contributed by atoms with van der Waals surface area (Å²) in [4.78, 5) is 4.49. The molecule has 20 heavy (non-hydrogen) atoms. The van der Waals surface area contributed by atoms with E-state index >= 15 is 0 Å². The average Bonchev–Trinajstić information content (AvgIpc) is 2.45. The van der Waals surface area contributed by atoms with Crippen molar-refractivity contribution in [2.24, 2.45) is 0 Å². The van der Waals surface area contributed by atoms with Gasteiger partial charge < -0.3 is 9.80 Å². The Morgan fingerprint density at radius 1 is 0.650 bits per heavy atom. The van der Waals surface area contributed by atoms with Gasteiger partial charge in [-0.2, -0.15) is 0 Å². The molecule has 0 spiro atoms. The second-order valence-electron chi connectivity index (χ2n) is 5.95. The molecule has 0 aromatic heterocycles. The molecule has 0 atom stereocenters. The second-order valence-corrected chi connectivity index (χ2v) is 6.32. The van der Waals surface area contributed by atoms with Gasteiger partial charge in [0.15, 0.2) is 5.11 Å². The van der Waals surface area contributed by atoms with E-state index < -0.39 is 0 Å². The third-order valence-corrected chi connectivity index (χ3v) is 4.47. The molecule has 120 valence electrons. The largest absolute Gasteiger partial charge is 0.352 e. The first-order valence-electron chi connectivity index (χ1n) is 8.59. The maximum atomic E-state index is 5.55. The Labute approximate surface area is 132 Å². The predicted octanol–water partition coefficient (Wildman–Crippen LogP) is 5.08. The van der Waals surface area contributed by atoms with E-state index in [4.69, 9.17) is 12.2 Å². The van der Waals surface area contributed by atoms with Crippen LogP contribution in [0.5, 0.6) is 0 Å². The van der Waals surface area contributed by atoms with Gasteiger partial charge in [-0.05, 0) is 25.1 Å². The van der Waals surface area contributed by atoms with E-state index in [-0.39, 0.29) is 0 Å². The van der Waals surface area contributed by atoms with Crippen molar-refractivity contribution in [1.29, 1.82) is 0 Å². The van der Waals surface area contributed by atoms with Gasteiger partial charge in [0.25, 0.3) is 0 Å². The minimum absolute atomic E-state index is 1.01. The fourth-order valence-electron chi connectivity index (χ4n) is 2.39. The Morgan fingerprint density at radius 3 is 1.35 bits per heavy atom. The van der Waals surface area contributed by atoms with Crippen molar-refractivity contribution in [3.8, 4) is 0 Å². The Balaban J connectivity index is 3.64. The van der Waals surface area contributed by atoms with Crippen LogP contribution in [0.25, 0.3) is 0 Å². The molecule has 0 radical (unpaired) electrons. The summed E-state index contributed by atoms with van der Waals surface area (Å²) in [6.07, 6.45) is 13.3. The third kappa shape index (κ3) is 10.5. The summed E-state index contributed by atoms with van der Waals surface area (Å²) < 4.78 is 0. The first-order chi connectivity index (χ1) is 9.63. The smallest absolute Gasteiger partial charge is 0.171 e. The Kier molecular flexibility index (Phi) is 13.5. The number of hydrogen-bond acceptors (Lipinski definition) is 1. The zero-order valence-corrected chi connectivity index (χ0v) is 15.1. The lowest BCUT2D eigenvalue weighted by Crippen LogP contribution is -2.39. The van der Waals surface area contributed by atoms with Crippen LogP contribution in [0.15, 0.2) is 0 Å². The van der Waals surface area contributed by atoms with Gasteiger partial charge in [-0.3, -0.25) is 0 Å². The summed E-state index contributed by atoms with van der Waals surface area (Å²) in [6.45, 7) is 6.72. The SMILES string of the molecule is CCCCCCCN(C)C(=S)N(C)CCCCCCC. The van der Waals surface area contributed by atoms with Gasteiger partial charge >= 0.3 is 0 Å². The molecule has 0 aromatic carbocycles. The van der Waals surface area contributed by atoms with Crippen LogP contribution in [0.1, 0.15) is 78.1 Å². The number of rotatable bonds is 12. The molecular formula is C17H36N2S. The molecule has 0 N–H and O–H groups in total. The molecule has 0 aliphatic rings. The summed E-state index contributed by atoms with van der Waals surface area (Å²) in [5, 5.41) is 1.01. The Hall–Kier alpha value is -0.310.